The number of hydrogen-bond donors (Lipinski definition) is 1. The van der Waals surface area contributed by atoms with Crippen LogP contribution in [-0.4, -0.2) is 29.9 Å². The van der Waals surface area contributed by atoms with Gasteiger partial charge in [-0.25, -0.2) is 0 Å². The minimum Gasteiger partial charge on any atom is -0.428 e. The summed E-state index contributed by atoms with van der Waals surface area (Å²) in [6, 6.07) is 3.38. The molecular formula is C11H10F4N2O4. The van der Waals surface area contributed by atoms with Gasteiger partial charge in [-0.2, -0.15) is 17.6 Å². The van der Waals surface area contributed by atoms with E-state index in [0.717, 1.165) is 6.07 Å². The molecule has 10 heteroatoms. The van der Waals surface area contributed by atoms with Crippen LogP contribution in [0.2, 0.25) is 0 Å². The molecule has 0 saturated carbocycles. The summed E-state index contributed by atoms with van der Waals surface area (Å²) in [7, 11) is 0. The Labute approximate surface area is 115 Å². The Balaban J connectivity index is 2.90. The van der Waals surface area contributed by atoms with E-state index >= 15 is 0 Å². The molecule has 0 aliphatic heterocycles. The number of carbonyl (C=O) groups is 1. The lowest BCUT2D eigenvalue weighted by atomic mass is 10.2. The molecular weight excluding hydrogens is 300 g/mol. The van der Waals surface area contributed by atoms with E-state index in [1.807, 2.05) is 0 Å². The number of alkyl halides is 4. The largest absolute Gasteiger partial charge is 0.461 e. The Bertz CT molecular complexity index is 551. The Morgan fingerprint density at radius 1 is 1.48 bits per heavy atom. The average Bonchev–Trinajstić information content (AvgIpc) is 2.31. The first-order valence-corrected chi connectivity index (χ1v) is 5.49. The van der Waals surface area contributed by atoms with Gasteiger partial charge in [-0.05, 0) is 18.6 Å². The number of carbonyl (C=O) groups excluding carboxylic acids is 1. The second-order valence-corrected chi connectivity index (χ2v) is 3.98. The standard InChI is InChI=1S/C11H10F4N2O4/c1-6-2-3-7(16-9(18)5-17(19)20)4-8(6)21-11(14,15)10(12)13/h2-4,10H,5H2,1H3,(H,16,18). The molecule has 1 amide bonds. The number of nitrogens with one attached hydrogen (secondary N) is 1. The highest BCUT2D eigenvalue weighted by Crippen LogP contribution is 2.31. The maximum absolute atomic E-state index is 12.8. The zero-order valence-corrected chi connectivity index (χ0v) is 10.6. The van der Waals surface area contributed by atoms with Gasteiger partial charge in [0.25, 0.3) is 12.5 Å². The van der Waals surface area contributed by atoms with Gasteiger partial charge in [0.05, 0.1) is 0 Å². The van der Waals surface area contributed by atoms with Crippen LogP contribution in [0.25, 0.3) is 0 Å². The fourth-order valence-corrected chi connectivity index (χ4v) is 1.30. The number of anilines is 1. The summed E-state index contributed by atoms with van der Waals surface area (Å²) in [5.74, 6) is -1.56. The first-order valence-electron chi connectivity index (χ1n) is 5.49. The van der Waals surface area contributed by atoms with Gasteiger partial charge in [0, 0.05) is 16.7 Å². The van der Waals surface area contributed by atoms with Crippen LogP contribution in [-0.2, 0) is 4.79 Å². The normalized spacial score (nSPS) is 11.3. The van der Waals surface area contributed by atoms with Crippen molar-refractivity contribution in [2.75, 3.05) is 11.9 Å². The lowest BCUT2D eigenvalue weighted by molar-refractivity contribution is -0.467. The average molecular weight is 310 g/mol. The Kier molecular flexibility index (Phi) is 5.06. The van der Waals surface area contributed by atoms with Crippen LogP contribution in [0, 0.1) is 17.0 Å². The molecule has 0 heterocycles. The Morgan fingerprint density at radius 3 is 2.62 bits per heavy atom. The van der Waals surface area contributed by atoms with E-state index in [-0.39, 0.29) is 11.3 Å². The lowest BCUT2D eigenvalue weighted by Crippen LogP contribution is -2.33. The molecule has 0 spiro atoms. The summed E-state index contributed by atoms with van der Waals surface area (Å²) >= 11 is 0. The number of hydrogen-bond acceptors (Lipinski definition) is 4. The number of nitrogens with zero attached hydrogens (tertiary/aromatic N) is 1. The van der Waals surface area contributed by atoms with Crippen LogP contribution in [0.4, 0.5) is 23.2 Å². The van der Waals surface area contributed by atoms with Gasteiger partial charge in [0.1, 0.15) is 5.75 Å². The molecule has 0 radical (unpaired) electrons. The van der Waals surface area contributed by atoms with Gasteiger partial charge in [-0.15, -0.1) is 0 Å². The quantitative estimate of drug-likeness (QED) is 0.497. The smallest absolute Gasteiger partial charge is 0.428 e. The number of aryl methyl sites for hydroxylation is 1. The van der Waals surface area contributed by atoms with Crippen LogP contribution in [0.1, 0.15) is 5.56 Å². The Morgan fingerprint density at radius 2 is 2.10 bits per heavy atom. The summed E-state index contributed by atoms with van der Waals surface area (Å²) in [4.78, 5) is 20.4. The molecule has 1 N–H and O–H groups in total. The zero-order valence-electron chi connectivity index (χ0n) is 10.6. The lowest BCUT2D eigenvalue weighted by Gasteiger charge is -2.18. The molecule has 1 aromatic carbocycles. The molecule has 0 atom stereocenters. The predicted molar refractivity (Wildman–Crippen MR) is 63.2 cm³/mol. The van der Waals surface area contributed by atoms with Crippen molar-refractivity contribution in [2.45, 2.75) is 19.5 Å². The minimum absolute atomic E-state index is 0.0903. The SMILES string of the molecule is Cc1ccc(NC(=O)C[N+](=O)[O-])cc1OC(F)(F)C(F)F. The third-order valence-corrected chi connectivity index (χ3v) is 2.24. The van der Waals surface area contributed by atoms with E-state index < -0.39 is 35.7 Å². The molecule has 6 nitrogen and oxygen atoms in total. The molecule has 0 unspecified atom stereocenters. The van der Waals surface area contributed by atoms with Crippen molar-refractivity contribution in [1.29, 1.82) is 0 Å². The number of rotatable bonds is 6. The number of benzene rings is 1. The number of halogens is 4. The first kappa shape index (κ1) is 16.7. The summed E-state index contributed by atoms with van der Waals surface area (Å²) in [5.41, 5.74) is 0.0371. The molecule has 0 fully saturated rings. The van der Waals surface area contributed by atoms with Crippen molar-refractivity contribution in [3.05, 3.63) is 33.9 Å². The zero-order chi connectivity index (χ0) is 16.2. The highest BCUT2D eigenvalue weighted by molar-refractivity contribution is 5.91. The van der Waals surface area contributed by atoms with Crippen LogP contribution in [0.3, 0.4) is 0 Å². The minimum atomic E-state index is -4.69. The highest BCUT2D eigenvalue weighted by atomic mass is 19.3. The maximum atomic E-state index is 12.8. The monoisotopic (exact) mass is 310 g/mol. The van der Waals surface area contributed by atoms with E-state index in [0.29, 0.717) is 0 Å². The molecule has 1 rings (SSSR count). The van der Waals surface area contributed by atoms with Crippen molar-refractivity contribution >= 4 is 11.6 Å². The second-order valence-electron chi connectivity index (χ2n) is 3.98. The second kappa shape index (κ2) is 6.37. The summed E-state index contributed by atoms with van der Waals surface area (Å²) < 4.78 is 53.7. The van der Waals surface area contributed by atoms with Crippen molar-refractivity contribution in [3.8, 4) is 5.75 Å². The van der Waals surface area contributed by atoms with E-state index in [1.165, 1.54) is 19.1 Å². The third kappa shape index (κ3) is 4.89. The molecule has 0 saturated heterocycles. The third-order valence-electron chi connectivity index (χ3n) is 2.24. The van der Waals surface area contributed by atoms with Crippen molar-refractivity contribution in [2.24, 2.45) is 0 Å². The molecule has 0 aromatic heterocycles. The van der Waals surface area contributed by atoms with E-state index in [2.05, 4.69) is 10.1 Å². The molecule has 1 aromatic rings. The van der Waals surface area contributed by atoms with Crippen LogP contribution in [0.5, 0.6) is 5.75 Å². The van der Waals surface area contributed by atoms with Gasteiger partial charge in [0.2, 0.25) is 0 Å². The van der Waals surface area contributed by atoms with E-state index in [9.17, 15) is 32.5 Å². The molecule has 21 heavy (non-hydrogen) atoms. The first-order chi connectivity index (χ1) is 9.61. The summed E-state index contributed by atoms with van der Waals surface area (Å²) in [6.07, 6.45) is -8.71. The molecule has 116 valence electrons. The van der Waals surface area contributed by atoms with Crippen LogP contribution >= 0.6 is 0 Å². The van der Waals surface area contributed by atoms with E-state index in [4.69, 9.17) is 0 Å². The molecule has 0 bridgehead atoms. The van der Waals surface area contributed by atoms with Crippen molar-refractivity contribution in [3.63, 3.8) is 0 Å². The van der Waals surface area contributed by atoms with Crippen molar-refractivity contribution < 1.29 is 32.0 Å². The molecule has 0 aliphatic rings. The maximum Gasteiger partial charge on any atom is 0.461 e. The summed E-state index contributed by atoms with van der Waals surface area (Å²) in [6.45, 7) is 0.316. The predicted octanol–water partition coefficient (Wildman–Crippen LogP) is 2.45. The Hall–Kier alpha value is -2.39. The van der Waals surface area contributed by atoms with E-state index in [1.54, 1.807) is 0 Å². The van der Waals surface area contributed by atoms with Gasteiger partial charge < -0.3 is 10.1 Å². The van der Waals surface area contributed by atoms with Crippen LogP contribution in [0.15, 0.2) is 18.2 Å². The van der Waals surface area contributed by atoms with Gasteiger partial charge in [-0.3, -0.25) is 14.9 Å². The van der Waals surface area contributed by atoms with Gasteiger partial charge >= 0.3 is 12.5 Å². The fourth-order valence-electron chi connectivity index (χ4n) is 1.30. The highest BCUT2D eigenvalue weighted by Gasteiger charge is 2.44. The summed E-state index contributed by atoms with van der Waals surface area (Å²) in [5, 5.41) is 12.2. The number of amides is 1. The fraction of sp³-hybridized carbons (Fsp3) is 0.364. The van der Waals surface area contributed by atoms with Gasteiger partial charge in [-0.1, -0.05) is 6.07 Å². The van der Waals surface area contributed by atoms with Crippen LogP contribution < -0.4 is 10.1 Å². The number of ether oxygens (including phenoxy) is 1. The van der Waals surface area contributed by atoms with Gasteiger partial charge in [0.15, 0.2) is 0 Å². The topological polar surface area (TPSA) is 81.5 Å². The molecule has 0 aliphatic carbocycles. The van der Waals surface area contributed by atoms with Crippen molar-refractivity contribution in [1.82, 2.24) is 0 Å². The number of nitro groups is 1.